The molecule has 11 heteroatoms. The fourth-order valence-corrected chi connectivity index (χ4v) is 3.76. The number of hydrogen-bond acceptors (Lipinski definition) is 7. The number of fused-ring (bicyclic) bond motifs is 1. The van der Waals surface area contributed by atoms with Crippen LogP contribution >= 0.6 is 11.6 Å². The highest BCUT2D eigenvalue weighted by Crippen LogP contribution is 2.36. The predicted octanol–water partition coefficient (Wildman–Crippen LogP) is 2.46. The highest BCUT2D eigenvalue weighted by atomic mass is 35.5. The topological polar surface area (TPSA) is 136 Å². The molecule has 1 aliphatic heterocycles. The Morgan fingerprint density at radius 2 is 1.77 bits per heavy atom. The summed E-state index contributed by atoms with van der Waals surface area (Å²) in [4.78, 5) is 61.3. The molecular weight excluding hydrogens is 430 g/mol. The average molecular weight is 450 g/mol. The molecule has 1 N–H and O–H groups in total. The van der Waals surface area contributed by atoms with Crippen LogP contribution < -0.4 is 5.32 Å². The van der Waals surface area contributed by atoms with Gasteiger partial charge < -0.3 is 10.1 Å². The third-order valence-electron chi connectivity index (χ3n) is 5.35. The molecule has 0 radical (unpaired) electrons. The summed E-state index contributed by atoms with van der Waals surface area (Å²) in [5, 5.41) is 13.3. The monoisotopic (exact) mass is 449 g/mol. The molecule has 0 saturated carbocycles. The first-order valence-electron chi connectivity index (χ1n) is 9.59. The Morgan fingerprint density at radius 1 is 1.19 bits per heavy atom. The van der Waals surface area contributed by atoms with E-state index in [1.165, 1.54) is 26.0 Å². The molecule has 10 nitrogen and oxygen atoms in total. The van der Waals surface area contributed by atoms with Crippen LogP contribution in [0.25, 0.3) is 0 Å². The Hall–Kier alpha value is -3.27. The molecule has 31 heavy (non-hydrogen) atoms. The van der Waals surface area contributed by atoms with Crippen molar-refractivity contribution in [2.75, 3.05) is 5.32 Å². The van der Waals surface area contributed by atoms with Gasteiger partial charge in [-0.3, -0.25) is 29.4 Å². The Bertz CT molecular complexity index is 967. The van der Waals surface area contributed by atoms with Crippen LogP contribution in [0.2, 0.25) is 5.02 Å². The van der Waals surface area contributed by atoms with Crippen LogP contribution in [0.15, 0.2) is 30.4 Å². The molecule has 2 aliphatic rings. The van der Waals surface area contributed by atoms with Crippen molar-refractivity contribution in [3.63, 3.8) is 0 Å². The minimum atomic E-state index is -1.30. The van der Waals surface area contributed by atoms with Gasteiger partial charge >= 0.3 is 5.97 Å². The molecule has 3 rings (SSSR count). The molecule has 3 amide bonds. The third-order valence-corrected chi connectivity index (χ3v) is 5.68. The highest BCUT2D eigenvalue weighted by Gasteiger charge is 2.50. The number of likely N-dealkylation sites (tertiary alicyclic amines) is 1. The quantitative estimate of drug-likeness (QED) is 0.231. The number of allylic oxidation sites excluding steroid dienone is 2. The zero-order chi connectivity index (χ0) is 22.9. The molecule has 1 fully saturated rings. The van der Waals surface area contributed by atoms with Gasteiger partial charge in [0, 0.05) is 12.1 Å². The van der Waals surface area contributed by atoms with E-state index in [1.54, 1.807) is 0 Å². The number of benzene rings is 1. The van der Waals surface area contributed by atoms with Crippen LogP contribution in [0, 0.1) is 22.0 Å². The lowest BCUT2D eigenvalue weighted by Gasteiger charge is -2.23. The Morgan fingerprint density at radius 3 is 2.32 bits per heavy atom. The standard InChI is InChI=1S/C20H20ClN3O7/c1-10(23-18(26)13-5-3-4-6-14(13)19(23)27)20(28)31-11(2)17(25)22-16-9-12(24(29)30)7-8-15(16)21/h3-4,7-11,13-14H,5-6H2,1-2H3,(H,22,25). The smallest absolute Gasteiger partial charge is 0.329 e. The second kappa shape index (κ2) is 8.84. The van der Waals surface area contributed by atoms with Gasteiger partial charge in [-0.2, -0.15) is 0 Å². The summed E-state index contributed by atoms with van der Waals surface area (Å²) in [5.41, 5.74) is -0.293. The van der Waals surface area contributed by atoms with Crippen LogP contribution in [0.5, 0.6) is 0 Å². The fourth-order valence-electron chi connectivity index (χ4n) is 3.60. The number of rotatable bonds is 6. The predicted molar refractivity (Wildman–Crippen MR) is 109 cm³/mol. The Kier molecular flexibility index (Phi) is 6.40. The number of anilines is 1. The number of amides is 3. The van der Waals surface area contributed by atoms with Gasteiger partial charge in [-0.15, -0.1) is 0 Å². The largest absolute Gasteiger partial charge is 0.451 e. The van der Waals surface area contributed by atoms with Gasteiger partial charge in [-0.05, 0) is 32.8 Å². The first kappa shape index (κ1) is 22.4. The van der Waals surface area contributed by atoms with Crippen LogP contribution in [0.4, 0.5) is 11.4 Å². The zero-order valence-corrected chi connectivity index (χ0v) is 17.5. The van der Waals surface area contributed by atoms with Crippen molar-refractivity contribution in [3.05, 3.63) is 45.5 Å². The summed E-state index contributed by atoms with van der Waals surface area (Å²) in [6.45, 7) is 2.66. The van der Waals surface area contributed by atoms with Crippen molar-refractivity contribution in [3.8, 4) is 0 Å². The van der Waals surface area contributed by atoms with E-state index in [2.05, 4.69) is 5.32 Å². The summed E-state index contributed by atoms with van der Waals surface area (Å²) >= 11 is 5.95. The summed E-state index contributed by atoms with van der Waals surface area (Å²) in [5.74, 6) is -3.51. The molecule has 0 bridgehead atoms. The second-order valence-corrected chi connectivity index (χ2v) is 7.78. The van der Waals surface area contributed by atoms with Gasteiger partial charge in [0.25, 0.3) is 11.6 Å². The van der Waals surface area contributed by atoms with Crippen molar-refractivity contribution in [2.45, 2.75) is 38.8 Å². The van der Waals surface area contributed by atoms with Gasteiger partial charge in [-0.25, -0.2) is 4.79 Å². The molecule has 0 spiro atoms. The minimum absolute atomic E-state index is 0.0155. The SMILES string of the molecule is CC(OC(=O)C(C)N1C(=O)C2CC=CCC2C1=O)C(=O)Nc1cc([N+](=O)[O-])ccc1Cl. The number of ether oxygens (including phenoxy) is 1. The number of esters is 1. The second-order valence-electron chi connectivity index (χ2n) is 7.37. The normalized spacial score (nSPS) is 22.0. The lowest BCUT2D eigenvalue weighted by Crippen LogP contribution is -2.46. The number of imide groups is 1. The van der Waals surface area contributed by atoms with Gasteiger partial charge in [-0.1, -0.05) is 23.8 Å². The molecule has 4 atom stereocenters. The van der Waals surface area contributed by atoms with E-state index >= 15 is 0 Å². The molecular formula is C20H20ClN3O7. The van der Waals surface area contributed by atoms with E-state index in [0.717, 1.165) is 11.0 Å². The van der Waals surface area contributed by atoms with E-state index in [-0.39, 0.29) is 16.4 Å². The Labute approximate surface area is 182 Å². The molecule has 1 aromatic rings. The zero-order valence-electron chi connectivity index (χ0n) is 16.7. The van der Waals surface area contributed by atoms with E-state index < -0.39 is 52.6 Å². The molecule has 4 unspecified atom stereocenters. The van der Waals surface area contributed by atoms with Crippen LogP contribution in [-0.2, 0) is 23.9 Å². The molecule has 0 aromatic heterocycles. The number of hydrogen-bond donors (Lipinski definition) is 1. The number of nitro groups is 1. The number of nitrogens with one attached hydrogen (secondary N) is 1. The molecule has 1 aliphatic carbocycles. The maximum absolute atomic E-state index is 12.6. The first-order chi connectivity index (χ1) is 14.6. The molecule has 1 heterocycles. The number of nitrogens with zero attached hydrogens (tertiary/aromatic N) is 2. The van der Waals surface area contributed by atoms with Gasteiger partial charge in [0.15, 0.2) is 6.10 Å². The maximum atomic E-state index is 12.6. The van der Waals surface area contributed by atoms with Crippen molar-refractivity contribution >= 4 is 46.7 Å². The number of carbonyl (C=O) groups is 4. The summed E-state index contributed by atoms with van der Waals surface area (Å²) in [6, 6.07) is 2.32. The summed E-state index contributed by atoms with van der Waals surface area (Å²) < 4.78 is 5.14. The number of carbonyl (C=O) groups excluding carboxylic acids is 4. The first-order valence-corrected chi connectivity index (χ1v) is 9.96. The Balaban J connectivity index is 1.64. The highest BCUT2D eigenvalue weighted by molar-refractivity contribution is 6.33. The van der Waals surface area contributed by atoms with Crippen molar-refractivity contribution in [1.29, 1.82) is 0 Å². The molecule has 164 valence electrons. The van der Waals surface area contributed by atoms with Gasteiger partial charge in [0.2, 0.25) is 11.8 Å². The van der Waals surface area contributed by atoms with Gasteiger partial charge in [0.05, 0.1) is 27.5 Å². The van der Waals surface area contributed by atoms with Crippen LogP contribution in [0.1, 0.15) is 26.7 Å². The molecule has 1 saturated heterocycles. The third kappa shape index (κ3) is 4.43. The van der Waals surface area contributed by atoms with E-state index in [4.69, 9.17) is 16.3 Å². The van der Waals surface area contributed by atoms with Crippen LogP contribution in [-0.4, -0.2) is 45.7 Å². The minimum Gasteiger partial charge on any atom is -0.451 e. The number of halogens is 1. The van der Waals surface area contributed by atoms with Crippen molar-refractivity contribution in [1.82, 2.24) is 4.90 Å². The molecule has 1 aromatic carbocycles. The summed E-state index contributed by atoms with van der Waals surface area (Å²) in [6.07, 6.45) is 3.25. The average Bonchev–Trinajstić information content (AvgIpc) is 2.99. The van der Waals surface area contributed by atoms with Crippen molar-refractivity contribution < 1.29 is 28.8 Å². The lowest BCUT2D eigenvalue weighted by molar-refractivity contribution is -0.384. The van der Waals surface area contributed by atoms with Crippen molar-refractivity contribution in [2.24, 2.45) is 11.8 Å². The fraction of sp³-hybridized carbons (Fsp3) is 0.400. The van der Waals surface area contributed by atoms with Gasteiger partial charge in [0.1, 0.15) is 6.04 Å². The van der Waals surface area contributed by atoms with E-state index in [1.807, 2.05) is 12.2 Å². The summed E-state index contributed by atoms with van der Waals surface area (Å²) in [7, 11) is 0. The lowest BCUT2D eigenvalue weighted by atomic mass is 9.85. The maximum Gasteiger partial charge on any atom is 0.329 e. The number of nitro benzene ring substituents is 1. The van der Waals surface area contributed by atoms with E-state index in [0.29, 0.717) is 12.8 Å². The van der Waals surface area contributed by atoms with E-state index in [9.17, 15) is 29.3 Å². The number of non-ortho nitro benzene ring substituents is 1. The van der Waals surface area contributed by atoms with Crippen LogP contribution in [0.3, 0.4) is 0 Å².